The Morgan fingerprint density at radius 3 is 2.80 bits per heavy atom. The summed E-state index contributed by atoms with van der Waals surface area (Å²) in [5.74, 6) is 1.71. The number of hydrogen-bond acceptors (Lipinski definition) is 10. The Hall–Kier alpha value is -2.58. The maximum atomic E-state index is 13.3. The third-order valence-electron chi connectivity index (χ3n) is 5.95. The lowest BCUT2D eigenvalue weighted by Crippen LogP contribution is -2.38. The molecule has 178 valence electrons. The van der Waals surface area contributed by atoms with Gasteiger partial charge in [-0.2, -0.15) is 5.26 Å². The summed E-state index contributed by atoms with van der Waals surface area (Å²) < 4.78 is 1.95. The molecule has 5 rings (SSSR count). The molecule has 2 N–H and O–H groups in total. The lowest BCUT2D eigenvalue weighted by Gasteiger charge is -2.38. The highest BCUT2D eigenvalue weighted by molar-refractivity contribution is 8.01. The van der Waals surface area contributed by atoms with Crippen LogP contribution >= 0.6 is 46.2 Å². The Bertz CT molecular complexity index is 1350. The van der Waals surface area contributed by atoms with Crippen molar-refractivity contribution < 1.29 is 4.79 Å². The standard InChI is InChI=1S/C25H23N5OS4/c1-2-32-23-16(11-12-33-23)20-17(13-26)22(27)30(18-9-6-10-19(31)21(18)20)24-28-29-25(35-24)34-14-15-7-4-3-5-8-15/h3-5,7-8,11-12,20H,2,6,9-10,14,27H2,1H3. The molecule has 1 atom stereocenters. The highest BCUT2D eigenvalue weighted by Gasteiger charge is 2.42. The van der Waals surface area contributed by atoms with Crippen molar-refractivity contribution in [2.75, 3.05) is 10.7 Å². The van der Waals surface area contributed by atoms with Crippen LogP contribution in [-0.4, -0.2) is 21.7 Å². The number of nitrogens with zero attached hydrogens (tertiary/aromatic N) is 4. The average molecular weight is 538 g/mol. The number of allylic oxidation sites excluding steroid dienone is 3. The molecule has 10 heteroatoms. The molecule has 1 unspecified atom stereocenters. The van der Waals surface area contributed by atoms with Crippen molar-refractivity contribution in [1.29, 1.82) is 5.26 Å². The normalized spacial score (nSPS) is 18.1. The first-order valence-corrected chi connectivity index (χ1v) is 15.0. The number of hydrogen-bond donors (Lipinski definition) is 1. The number of ketones is 1. The average Bonchev–Trinajstić information content (AvgIpc) is 3.53. The molecule has 0 fully saturated rings. The van der Waals surface area contributed by atoms with Crippen LogP contribution in [0.2, 0.25) is 0 Å². The molecule has 1 aliphatic heterocycles. The second-order valence-electron chi connectivity index (χ2n) is 8.04. The van der Waals surface area contributed by atoms with Crippen LogP contribution in [0.4, 0.5) is 5.13 Å². The fraction of sp³-hybridized carbons (Fsp3) is 0.280. The zero-order valence-electron chi connectivity index (χ0n) is 19.1. The highest BCUT2D eigenvalue weighted by atomic mass is 32.2. The summed E-state index contributed by atoms with van der Waals surface area (Å²) in [4.78, 5) is 15.1. The third kappa shape index (κ3) is 4.66. The van der Waals surface area contributed by atoms with Gasteiger partial charge < -0.3 is 5.73 Å². The van der Waals surface area contributed by atoms with Crippen molar-refractivity contribution in [3.63, 3.8) is 0 Å². The summed E-state index contributed by atoms with van der Waals surface area (Å²) in [6.07, 6.45) is 1.95. The summed E-state index contributed by atoms with van der Waals surface area (Å²) in [5, 5.41) is 21.6. The number of carbonyl (C=O) groups is 1. The van der Waals surface area contributed by atoms with Crippen LogP contribution in [0, 0.1) is 11.3 Å². The molecule has 1 aliphatic carbocycles. The number of benzene rings is 1. The monoisotopic (exact) mass is 537 g/mol. The number of thioether (sulfide) groups is 2. The predicted octanol–water partition coefficient (Wildman–Crippen LogP) is 6.31. The second-order valence-corrected chi connectivity index (χ2v) is 12.7. The number of nitriles is 1. The number of nitrogens with two attached hydrogens (primary N) is 1. The van der Waals surface area contributed by atoms with Gasteiger partial charge in [0.05, 0.1) is 21.8 Å². The molecule has 2 aliphatic rings. The Morgan fingerprint density at radius 1 is 1.20 bits per heavy atom. The summed E-state index contributed by atoms with van der Waals surface area (Å²) in [5.41, 5.74) is 10.8. The number of rotatable bonds is 7. The van der Waals surface area contributed by atoms with Crippen molar-refractivity contribution in [2.24, 2.45) is 5.73 Å². The Balaban J connectivity index is 1.54. The second kappa shape index (κ2) is 10.6. The third-order valence-corrected chi connectivity index (χ3v) is 10.2. The largest absolute Gasteiger partial charge is 0.384 e. The van der Waals surface area contributed by atoms with Crippen molar-refractivity contribution in [3.05, 3.63) is 75.6 Å². The molecule has 1 aromatic carbocycles. The van der Waals surface area contributed by atoms with Crippen LogP contribution in [-0.2, 0) is 10.5 Å². The van der Waals surface area contributed by atoms with Crippen LogP contribution in [0.1, 0.15) is 43.2 Å². The van der Waals surface area contributed by atoms with Crippen LogP contribution < -0.4 is 10.6 Å². The molecule has 35 heavy (non-hydrogen) atoms. The van der Waals surface area contributed by atoms with Crippen molar-refractivity contribution in [1.82, 2.24) is 10.2 Å². The summed E-state index contributed by atoms with van der Waals surface area (Å²) in [7, 11) is 0. The molecule has 3 heterocycles. The van der Waals surface area contributed by atoms with Gasteiger partial charge in [0.15, 0.2) is 10.1 Å². The van der Waals surface area contributed by atoms with Crippen molar-refractivity contribution >= 4 is 57.1 Å². The van der Waals surface area contributed by atoms with Gasteiger partial charge in [0.25, 0.3) is 0 Å². The maximum absolute atomic E-state index is 13.3. The van der Waals surface area contributed by atoms with E-state index in [-0.39, 0.29) is 5.78 Å². The molecule has 0 bridgehead atoms. The molecule has 2 aromatic heterocycles. The van der Waals surface area contributed by atoms with E-state index in [9.17, 15) is 10.1 Å². The molecule has 0 saturated carbocycles. The van der Waals surface area contributed by atoms with E-state index >= 15 is 0 Å². The molecular formula is C25H23N5OS4. The van der Waals surface area contributed by atoms with Gasteiger partial charge >= 0.3 is 0 Å². The van der Waals surface area contributed by atoms with Crippen LogP contribution in [0.5, 0.6) is 0 Å². The smallest absolute Gasteiger partial charge is 0.219 e. The number of Topliss-reactive ketones (excluding diaryl/α,β-unsaturated/α-hetero) is 1. The van der Waals surface area contributed by atoms with E-state index in [0.717, 1.165) is 37.7 Å². The van der Waals surface area contributed by atoms with Crippen molar-refractivity contribution in [2.45, 2.75) is 46.4 Å². The van der Waals surface area contributed by atoms with Crippen LogP contribution in [0.15, 0.2) is 73.0 Å². The zero-order chi connectivity index (χ0) is 24.4. The first-order chi connectivity index (χ1) is 17.1. The molecule has 0 saturated heterocycles. The quantitative estimate of drug-likeness (QED) is 0.350. The van der Waals surface area contributed by atoms with Gasteiger partial charge in [-0.25, -0.2) is 0 Å². The van der Waals surface area contributed by atoms with Gasteiger partial charge in [-0.15, -0.1) is 33.3 Å². The Kier molecular flexibility index (Phi) is 7.29. The fourth-order valence-electron chi connectivity index (χ4n) is 4.45. The topological polar surface area (TPSA) is 95.9 Å². The number of aromatic nitrogens is 2. The predicted molar refractivity (Wildman–Crippen MR) is 145 cm³/mol. The first kappa shape index (κ1) is 24.1. The summed E-state index contributed by atoms with van der Waals surface area (Å²) in [6, 6.07) is 14.6. The molecule has 3 aromatic rings. The molecular weight excluding hydrogens is 515 g/mol. The van der Waals surface area contributed by atoms with E-state index in [1.165, 1.54) is 16.9 Å². The number of anilines is 1. The maximum Gasteiger partial charge on any atom is 0.219 e. The van der Waals surface area contributed by atoms with Gasteiger partial charge in [0, 0.05) is 23.4 Å². The molecule has 0 amide bonds. The zero-order valence-corrected chi connectivity index (χ0v) is 22.3. The molecule has 0 spiro atoms. The summed E-state index contributed by atoms with van der Waals surface area (Å²) in [6.45, 7) is 2.10. The van der Waals surface area contributed by atoms with Gasteiger partial charge in [0.2, 0.25) is 5.13 Å². The van der Waals surface area contributed by atoms with Gasteiger partial charge in [-0.05, 0) is 41.2 Å². The minimum absolute atomic E-state index is 0.0864. The first-order valence-electron chi connectivity index (χ1n) is 11.3. The van der Waals surface area contributed by atoms with E-state index in [1.807, 2.05) is 34.5 Å². The minimum Gasteiger partial charge on any atom is -0.384 e. The van der Waals surface area contributed by atoms with Gasteiger partial charge in [-0.1, -0.05) is 60.4 Å². The Morgan fingerprint density at radius 2 is 2.03 bits per heavy atom. The van der Waals surface area contributed by atoms with E-state index < -0.39 is 5.92 Å². The fourth-order valence-corrected chi connectivity index (χ4v) is 8.36. The minimum atomic E-state index is -0.431. The van der Waals surface area contributed by atoms with E-state index in [1.54, 1.807) is 34.9 Å². The van der Waals surface area contributed by atoms with Gasteiger partial charge in [-0.3, -0.25) is 9.69 Å². The number of thiophene rings is 1. The lowest BCUT2D eigenvalue weighted by atomic mass is 9.76. The summed E-state index contributed by atoms with van der Waals surface area (Å²) >= 11 is 6.43. The van der Waals surface area contributed by atoms with Crippen molar-refractivity contribution in [3.8, 4) is 6.07 Å². The molecule has 6 nitrogen and oxygen atoms in total. The highest BCUT2D eigenvalue weighted by Crippen LogP contribution is 2.49. The van der Waals surface area contributed by atoms with Gasteiger partial charge in [0.1, 0.15) is 5.82 Å². The lowest BCUT2D eigenvalue weighted by molar-refractivity contribution is -0.116. The van der Waals surface area contributed by atoms with Crippen LogP contribution in [0.3, 0.4) is 0 Å². The SMILES string of the molecule is CCSc1sccc1C1C(C#N)=C(N)N(c2nnc(SCc3ccccc3)s2)C2=C1C(=O)CCC2. The molecule has 0 radical (unpaired) electrons. The van der Waals surface area contributed by atoms with E-state index in [4.69, 9.17) is 5.73 Å². The van der Waals surface area contributed by atoms with E-state index in [0.29, 0.717) is 34.9 Å². The Labute approximate surface area is 220 Å². The number of carbonyl (C=O) groups excluding carboxylic acids is 1. The van der Waals surface area contributed by atoms with E-state index in [2.05, 4.69) is 35.3 Å². The van der Waals surface area contributed by atoms with Crippen LogP contribution in [0.25, 0.3) is 0 Å².